The van der Waals surface area contributed by atoms with Crippen LogP contribution in [-0.2, 0) is 11.0 Å². The molecule has 1 rings (SSSR count). The quantitative estimate of drug-likeness (QED) is 0.243. The molecule has 0 atom stereocenters. The Morgan fingerprint density at radius 3 is 2.00 bits per heavy atom. The molecule has 0 spiro atoms. The van der Waals surface area contributed by atoms with E-state index in [0.29, 0.717) is 17.4 Å². The zero-order valence-corrected chi connectivity index (χ0v) is 15.7. The lowest BCUT2D eigenvalue weighted by atomic mass is 10.2. The molecule has 0 saturated carbocycles. The molecule has 0 aliphatic rings. The van der Waals surface area contributed by atoms with Crippen LogP contribution >= 0.6 is 11.6 Å². The van der Waals surface area contributed by atoms with Crippen LogP contribution in [0.15, 0.2) is 29.4 Å². The van der Waals surface area contributed by atoms with Crippen molar-refractivity contribution in [3.63, 3.8) is 0 Å². The first-order valence-electron chi connectivity index (χ1n) is 7.72. The Kier molecular flexibility index (Phi) is 7.51. The lowest BCUT2D eigenvalue weighted by Gasteiger charge is -2.34. The van der Waals surface area contributed by atoms with Gasteiger partial charge in [-0.05, 0) is 18.2 Å². The summed E-state index contributed by atoms with van der Waals surface area (Å²) in [5, 5.41) is 3.81. The van der Waals surface area contributed by atoms with Crippen LogP contribution in [0.5, 0.6) is 0 Å². The fraction of sp³-hybridized carbons (Fsp3) is 0.467. The molecular formula is C15H13ClF9N3O2. The summed E-state index contributed by atoms with van der Waals surface area (Å²) in [6.07, 6.45) is -17.4. The van der Waals surface area contributed by atoms with E-state index in [9.17, 15) is 44.3 Å². The Balaban J connectivity index is 3.27. The largest absolute Gasteiger partial charge is 0.461 e. The van der Waals surface area contributed by atoms with Crippen molar-refractivity contribution in [1.82, 2.24) is 5.32 Å². The maximum absolute atomic E-state index is 13.3. The lowest BCUT2D eigenvalue weighted by molar-refractivity contribution is -0.388. The van der Waals surface area contributed by atoms with Crippen molar-refractivity contribution >= 4 is 28.5 Å². The second kappa shape index (κ2) is 8.78. The summed E-state index contributed by atoms with van der Waals surface area (Å²) in [5.74, 6) is -0.815. The number of anilines is 1. The van der Waals surface area contributed by atoms with E-state index in [-0.39, 0.29) is 0 Å². The fourth-order valence-electron chi connectivity index (χ4n) is 1.74. The first kappa shape index (κ1) is 25.7. The molecule has 0 bridgehead atoms. The number of hydrogen-bond donors (Lipinski definition) is 2. The third-order valence-electron chi connectivity index (χ3n) is 3.28. The molecule has 0 heterocycles. The number of halogens is 10. The van der Waals surface area contributed by atoms with E-state index >= 15 is 0 Å². The van der Waals surface area contributed by atoms with Gasteiger partial charge in [0.05, 0.1) is 5.56 Å². The SMILES string of the molecule is CC(C)/C(Cl)=N\OC(NC(=O)Nc1cccc(C(F)(F)F)c1)(C(F)(F)F)C(F)(F)F. The van der Waals surface area contributed by atoms with Gasteiger partial charge in [0.15, 0.2) is 0 Å². The van der Waals surface area contributed by atoms with Gasteiger partial charge < -0.3 is 10.2 Å². The molecule has 0 aliphatic heterocycles. The molecule has 2 N–H and O–H groups in total. The Labute approximate surface area is 168 Å². The van der Waals surface area contributed by atoms with Gasteiger partial charge in [0.1, 0.15) is 5.17 Å². The van der Waals surface area contributed by atoms with E-state index in [0.717, 1.165) is 12.1 Å². The van der Waals surface area contributed by atoms with Crippen molar-refractivity contribution in [2.24, 2.45) is 11.1 Å². The molecule has 0 aromatic heterocycles. The molecular weight excluding hydrogens is 461 g/mol. The summed E-state index contributed by atoms with van der Waals surface area (Å²) in [6.45, 7) is 2.57. The number of nitrogens with zero attached hydrogens (tertiary/aromatic N) is 1. The first-order valence-corrected chi connectivity index (χ1v) is 8.10. The second-order valence-corrected chi connectivity index (χ2v) is 6.38. The van der Waals surface area contributed by atoms with Gasteiger partial charge in [-0.3, -0.25) is 5.32 Å². The second-order valence-electron chi connectivity index (χ2n) is 5.99. The summed E-state index contributed by atoms with van der Waals surface area (Å²) in [5.41, 5.74) is -7.37. The highest BCUT2D eigenvalue weighted by molar-refractivity contribution is 6.65. The molecule has 15 heteroatoms. The molecule has 0 aliphatic carbocycles. The van der Waals surface area contributed by atoms with Gasteiger partial charge in [0, 0.05) is 11.6 Å². The highest BCUT2D eigenvalue weighted by Gasteiger charge is 2.76. The summed E-state index contributed by atoms with van der Waals surface area (Å²) >= 11 is 5.40. The average Bonchev–Trinajstić information content (AvgIpc) is 2.55. The molecule has 0 radical (unpaired) electrons. The molecule has 170 valence electrons. The number of nitrogens with one attached hydrogen (secondary N) is 2. The van der Waals surface area contributed by atoms with Crippen LogP contribution in [0.1, 0.15) is 19.4 Å². The predicted octanol–water partition coefficient (Wildman–Crippen LogP) is 5.87. The maximum Gasteiger partial charge on any atom is 0.461 e. The molecule has 0 unspecified atom stereocenters. The number of benzene rings is 1. The molecule has 0 saturated heterocycles. The van der Waals surface area contributed by atoms with E-state index in [1.807, 2.05) is 0 Å². The lowest BCUT2D eigenvalue weighted by Crippen LogP contribution is -2.69. The highest BCUT2D eigenvalue weighted by atomic mass is 35.5. The molecule has 5 nitrogen and oxygen atoms in total. The highest BCUT2D eigenvalue weighted by Crippen LogP contribution is 2.44. The zero-order chi connectivity index (χ0) is 23.5. The van der Waals surface area contributed by atoms with Gasteiger partial charge >= 0.3 is 30.3 Å². The van der Waals surface area contributed by atoms with Gasteiger partial charge in [-0.25, -0.2) is 4.79 Å². The third-order valence-corrected chi connectivity index (χ3v) is 3.79. The van der Waals surface area contributed by atoms with E-state index in [1.165, 1.54) is 19.2 Å². The molecule has 2 amide bonds. The minimum Gasteiger partial charge on any atom is -0.346 e. The number of carbonyl (C=O) groups excluding carboxylic acids is 1. The van der Waals surface area contributed by atoms with Gasteiger partial charge in [0.2, 0.25) is 0 Å². The van der Waals surface area contributed by atoms with Crippen LogP contribution in [0, 0.1) is 5.92 Å². The van der Waals surface area contributed by atoms with Crippen LogP contribution < -0.4 is 10.6 Å². The summed E-state index contributed by atoms with van der Waals surface area (Å²) in [6, 6.07) is 0.302. The van der Waals surface area contributed by atoms with E-state index in [2.05, 4.69) is 9.99 Å². The Morgan fingerprint density at radius 2 is 1.57 bits per heavy atom. The Bertz CT molecular complexity index is 775. The minimum atomic E-state index is -6.28. The number of carbonyl (C=O) groups is 1. The monoisotopic (exact) mass is 473 g/mol. The van der Waals surface area contributed by atoms with Crippen molar-refractivity contribution in [1.29, 1.82) is 0 Å². The van der Waals surface area contributed by atoms with E-state index < -0.39 is 52.6 Å². The first-order chi connectivity index (χ1) is 13.4. The van der Waals surface area contributed by atoms with Gasteiger partial charge in [-0.2, -0.15) is 39.5 Å². The summed E-state index contributed by atoms with van der Waals surface area (Å²) in [7, 11) is 0. The summed E-state index contributed by atoms with van der Waals surface area (Å²) < 4.78 is 118. The van der Waals surface area contributed by atoms with Gasteiger partial charge in [-0.15, -0.1) is 0 Å². The molecule has 30 heavy (non-hydrogen) atoms. The number of oxime groups is 1. The third kappa shape index (κ3) is 6.06. The standard InChI is InChI=1S/C15H13ClF9N3O2/c1-7(2)10(16)28-30-13(14(20,21)22,15(23,24)25)27-11(29)26-9-5-3-4-8(6-9)12(17,18)19/h3-7H,1-2H3,(H2,26,27,29)/b28-10+. The normalized spacial score (nSPS) is 14.0. The fourth-order valence-corrected chi connectivity index (χ4v) is 1.78. The number of urea groups is 1. The van der Waals surface area contributed by atoms with Crippen LogP contribution in [0.4, 0.5) is 50.0 Å². The average molecular weight is 474 g/mol. The van der Waals surface area contributed by atoms with Gasteiger partial charge in [-0.1, -0.05) is 36.7 Å². The number of rotatable bonds is 5. The number of amides is 2. The molecule has 0 fully saturated rings. The van der Waals surface area contributed by atoms with Crippen LogP contribution in [0.3, 0.4) is 0 Å². The van der Waals surface area contributed by atoms with Crippen molar-refractivity contribution in [3.8, 4) is 0 Å². The number of hydrogen-bond acceptors (Lipinski definition) is 3. The van der Waals surface area contributed by atoms with Crippen LogP contribution in [0.25, 0.3) is 0 Å². The van der Waals surface area contributed by atoms with Crippen LogP contribution in [-0.4, -0.2) is 29.3 Å². The van der Waals surface area contributed by atoms with Crippen molar-refractivity contribution < 1.29 is 49.1 Å². The topological polar surface area (TPSA) is 62.7 Å². The Morgan fingerprint density at radius 1 is 1.03 bits per heavy atom. The van der Waals surface area contributed by atoms with Crippen LogP contribution in [0.2, 0.25) is 0 Å². The molecule has 1 aromatic rings. The minimum absolute atomic E-state index is 0.303. The van der Waals surface area contributed by atoms with Crippen molar-refractivity contribution in [2.45, 2.75) is 38.1 Å². The maximum atomic E-state index is 13.3. The zero-order valence-electron chi connectivity index (χ0n) is 14.9. The van der Waals surface area contributed by atoms with Gasteiger partial charge in [0.25, 0.3) is 0 Å². The summed E-state index contributed by atoms with van der Waals surface area (Å²) in [4.78, 5) is 15.4. The van der Waals surface area contributed by atoms with E-state index in [1.54, 1.807) is 0 Å². The van der Waals surface area contributed by atoms with Crippen molar-refractivity contribution in [3.05, 3.63) is 29.8 Å². The van der Waals surface area contributed by atoms with E-state index in [4.69, 9.17) is 11.6 Å². The number of alkyl halides is 9. The molecule has 1 aromatic carbocycles. The Hall–Kier alpha value is -2.38. The predicted molar refractivity (Wildman–Crippen MR) is 87.7 cm³/mol. The smallest absolute Gasteiger partial charge is 0.346 e. The van der Waals surface area contributed by atoms with Crippen molar-refractivity contribution in [2.75, 3.05) is 5.32 Å².